The lowest BCUT2D eigenvalue weighted by atomic mass is 10.0. The fourth-order valence-electron chi connectivity index (χ4n) is 4.78. The Balaban J connectivity index is 1.22. The van der Waals surface area contributed by atoms with Crippen molar-refractivity contribution in [2.24, 2.45) is 0 Å². The summed E-state index contributed by atoms with van der Waals surface area (Å²) in [5.74, 6) is 2.35. The number of hydrogen-bond donors (Lipinski definition) is 2. The Kier molecular flexibility index (Phi) is 8.29. The number of piperidine rings is 1. The first-order chi connectivity index (χ1) is 17.7. The molecule has 2 saturated heterocycles. The predicted molar refractivity (Wildman–Crippen MR) is 147 cm³/mol. The third kappa shape index (κ3) is 5.96. The number of thiocarbonyl (C=S) groups is 1. The number of fused-ring (bicyclic) bond motifs is 1. The Labute approximate surface area is 221 Å². The van der Waals surface area contributed by atoms with Crippen molar-refractivity contribution in [2.75, 3.05) is 51.3 Å². The maximum Gasteiger partial charge on any atom is 0.169 e. The summed E-state index contributed by atoms with van der Waals surface area (Å²) < 4.78 is 11.8. The van der Waals surface area contributed by atoms with Crippen LogP contribution in [-0.4, -0.2) is 77.4 Å². The van der Waals surface area contributed by atoms with Gasteiger partial charge in [-0.15, -0.1) is 11.3 Å². The molecule has 1 unspecified atom stereocenters. The zero-order chi connectivity index (χ0) is 24.7. The SMILES string of the molecule is COc1cc2c(N3CCN(C(=S)NCc4nccs4)CC3)ncnc2cc1OCCC1CCCCN1. The number of rotatable bonds is 8. The number of nitrogens with one attached hydrogen (secondary N) is 2. The lowest BCUT2D eigenvalue weighted by molar-refractivity contribution is 0.257. The first-order valence-corrected chi connectivity index (χ1v) is 13.8. The summed E-state index contributed by atoms with van der Waals surface area (Å²) in [6.07, 6.45) is 8.21. The average Bonchev–Trinajstić information content (AvgIpc) is 3.45. The second kappa shape index (κ2) is 12.0. The molecule has 0 radical (unpaired) electrons. The van der Waals surface area contributed by atoms with E-state index in [0.717, 1.165) is 71.7 Å². The molecular formula is C25H33N7O2S2. The highest BCUT2D eigenvalue weighted by molar-refractivity contribution is 7.80. The quantitative estimate of drug-likeness (QED) is 0.426. The minimum absolute atomic E-state index is 0.535. The highest BCUT2D eigenvalue weighted by atomic mass is 32.1. The summed E-state index contributed by atoms with van der Waals surface area (Å²) in [7, 11) is 1.68. The van der Waals surface area contributed by atoms with E-state index in [-0.39, 0.29) is 0 Å². The van der Waals surface area contributed by atoms with Crippen LogP contribution in [0.5, 0.6) is 11.5 Å². The van der Waals surface area contributed by atoms with E-state index in [1.165, 1.54) is 19.3 Å². The first-order valence-electron chi connectivity index (χ1n) is 12.6. The number of benzene rings is 1. The van der Waals surface area contributed by atoms with E-state index in [1.807, 2.05) is 23.7 Å². The van der Waals surface area contributed by atoms with Crippen LogP contribution in [0.2, 0.25) is 0 Å². The molecule has 5 rings (SSSR count). The molecule has 2 fully saturated rings. The van der Waals surface area contributed by atoms with Gasteiger partial charge in [-0.3, -0.25) is 0 Å². The van der Waals surface area contributed by atoms with E-state index in [2.05, 4.69) is 35.4 Å². The summed E-state index contributed by atoms with van der Waals surface area (Å²) >= 11 is 7.24. The van der Waals surface area contributed by atoms with Crippen molar-refractivity contribution < 1.29 is 9.47 Å². The van der Waals surface area contributed by atoms with Crippen molar-refractivity contribution in [2.45, 2.75) is 38.3 Å². The van der Waals surface area contributed by atoms with E-state index < -0.39 is 0 Å². The van der Waals surface area contributed by atoms with E-state index in [0.29, 0.717) is 24.9 Å². The van der Waals surface area contributed by atoms with Gasteiger partial charge in [0.25, 0.3) is 0 Å². The predicted octanol–water partition coefficient (Wildman–Crippen LogP) is 3.20. The van der Waals surface area contributed by atoms with Gasteiger partial charge in [-0.2, -0.15) is 0 Å². The second-order valence-corrected chi connectivity index (χ2v) is 10.4. The maximum absolute atomic E-state index is 6.14. The number of ether oxygens (including phenoxy) is 2. The molecule has 2 N–H and O–H groups in total. The van der Waals surface area contributed by atoms with E-state index in [4.69, 9.17) is 21.7 Å². The minimum Gasteiger partial charge on any atom is -0.493 e. The van der Waals surface area contributed by atoms with Gasteiger partial charge in [-0.25, -0.2) is 15.0 Å². The summed E-state index contributed by atoms with van der Waals surface area (Å²) in [5.41, 5.74) is 0.856. The standard InChI is InChI=1S/C25H33N7O2S2/c1-33-21-14-19-20(15-22(21)34-12-5-18-4-2-3-6-26-18)29-17-30-24(19)31-8-10-32(11-9-31)25(35)28-16-23-27-7-13-36-23/h7,13-15,17-18,26H,2-6,8-12,16H2,1H3,(H,28,35). The van der Waals surface area contributed by atoms with Crippen molar-refractivity contribution in [1.29, 1.82) is 0 Å². The minimum atomic E-state index is 0.535. The molecule has 4 heterocycles. The van der Waals surface area contributed by atoms with Crippen molar-refractivity contribution >= 4 is 45.4 Å². The molecule has 3 aromatic rings. The van der Waals surface area contributed by atoms with Gasteiger partial charge < -0.3 is 29.9 Å². The number of aromatic nitrogens is 3. The molecular weight excluding hydrogens is 494 g/mol. The lowest BCUT2D eigenvalue weighted by Gasteiger charge is -2.37. The Hall–Kier alpha value is -2.76. The highest BCUT2D eigenvalue weighted by Gasteiger charge is 2.23. The summed E-state index contributed by atoms with van der Waals surface area (Å²) in [6, 6.07) is 4.51. The fourth-order valence-corrected chi connectivity index (χ4v) is 5.59. The summed E-state index contributed by atoms with van der Waals surface area (Å²) in [4.78, 5) is 18.0. The molecule has 192 valence electrons. The molecule has 1 atom stereocenters. The van der Waals surface area contributed by atoms with Gasteiger partial charge in [0.15, 0.2) is 16.6 Å². The molecule has 2 aromatic heterocycles. The number of methoxy groups -OCH3 is 1. The summed E-state index contributed by atoms with van der Waals surface area (Å²) in [5, 5.41) is 11.6. The van der Waals surface area contributed by atoms with Gasteiger partial charge in [-0.1, -0.05) is 6.42 Å². The van der Waals surface area contributed by atoms with Gasteiger partial charge in [0.2, 0.25) is 0 Å². The van der Waals surface area contributed by atoms with Gasteiger partial charge in [0.05, 0.1) is 25.8 Å². The number of piperazine rings is 1. The molecule has 2 aliphatic heterocycles. The average molecular weight is 528 g/mol. The van der Waals surface area contributed by atoms with Crippen LogP contribution in [0.3, 0.4) is 0 Å². The fraction of sp³-hybridized carbons (Fsp3) is 0.520. The maximum atomic E-state index is 6.14. The second-order valence-electron chi connectivity index (χ2n) is 9.06. The normalized spacial score (nSPS) is 18.3. The monoisotopic (exact) mass is 527 g/mol. The molecule has 11 heteroatoms. The van der Waals surface area contributed by atoms with Crippen molar-refractivity contribution in [3.8, 4) is 11.5 Å². The van der Waals surface area contributed by atoms with E-state index in [1.54, 1.807) is 24.8 Å². The van der Waals surface area contributed by atoms with Crippen LogP contribution in [0.1, 0.15) is 30.7 Å². The first kappa shape index (κ1) is 24.9. The third-order valence-electron chi connectivity index (χ3n) is 6.78. The third-order valence-corrected chi connectivity index (χ3v) is 7.96. The Morgan fingerprint density at radius 3 is 2.81 bits per heavy atom. The van der Waals surface area contributed by atoms with E-state index in [9.17, 15) is 0 Å². The molecule has 0 amide bonds. The van der Waals surface area contributed by atoms with Crippen LogP contribution in [0.15, 0.2) is 30.0 Å². The van der Waals surface area contributed by atoms with Gasteiger partial charge in [-0.05, 0) is 44.1 Å². The van der Waals surface area contributed by atoms with Crippen LogP contribution in [0.4, 0.5) is 5.82 Å². The molecule has 2 aliphatic rings. The molecule has 0 spiro atoms. The molecule has 0 saturated carbocycles. The van der Waals surface area contributed by atoms with Crippen LogP contribution >= 0.6 is 23.6 Å². The Bertz CT molecular complexity index is 1150. The Morgan fingerprint density at radius 1 is 1.17 bits per heavy atom. The lowest BCUT2D eigenvalue weighted by Crippen LogP contribution is -2.51. The van der Waals surface area contributed by atoms with Crippen LogP contribution in [-0.2, 0) is 6.54 Å². The molecule has 36 heavy (non-hydrogen) atoms. The molecule has 0 aliphatic carbocycles. The molecule has 0 bridgehead atoms. The number of anilines is 1. The van der Waals surface area contributed by atoms with Crippen LogP contribution in [0.25, 0.3) is 10.9 Å². The smallest absolute Gasteiger partial charge is 0.169 e. The number of nitrogens with zero attached hydrogens (tertiary/aromatic N) is 5. The van der Waals surface area contributed by atoms with Crippen molar-refractivity contribution in [1.82, 2.24) is 30.5 Å². The van der Waals surface area contributed by atoms with Crippen molar-refractivity contribution in [3.63, 3.8) is 0 Å². The highest BCUT2D eigenvalue weighted by Crippen LogP contribution is 2.35. The summed E-state index contributed by atoms with van der Waals surface area (Å²) in [6.45, 7) is 5.70. The van der Waals surface area contributed by atoms with Crippen molar-refractivity contribution in [3.05, 3.63) is 35.0 Å². The number of thiazole rings is 1. The zero-order valence-electron chi connectivity index (χ0n) is 20.6. The van der Waals surface area contributed by atoms with E-state index >= 15 is 0 Å². The molecule has 1 aromatic carbocycles. The van der Waals surface area contributed by atoms with Gasteiger partial charge in [0.1, 0.15) is 17.2 Å². The van der Waals surface area contributed by atoms with Crippen LogP contribution < -0.4 is 25.0 Å². The van der Waals surface area contributed by atoms with Crippen LogP contribution in [0, 0.1) is 0 Å². The topological polar surface area (TPSA) is 87.7 Å². The zero-order valence-corrected chi connectivity index (χ0v) is 22.2. The Morgan fingerprint density at radius 2 is 2.06 bits per heavy atom. The van der Waals surface area contributed by atoms with Gasteiger partial charge in [0, 0.05) is 55.3 Å². The number of hydrogen-bond acceptors (Lipinski definition) is 9. The largest absolute Gasteiger partial charge is 0.493 e. The molecule has 9 nitrogen and oxygen atoms in total. The van der Waals surface area contributed by atoms with Gasteiger partial charge >= 0.3 is 0 Å².